The van der Waals surface area contributed by atoms with Crippen molar-refractivity contribution in [2.24, 2.45) is 0 Å². The Labute approximate surface area is 220 Å². The van der Waals surface area contributed by atoms with E-state index in [0.717, 1.165) is 23.2 Å². The van der Waals surface area contributed by atoms with Crippen LogP contribution in [0, 0.1) is 0 Å². The van der Waals surface area contributed by atoms with Crippen LogP contribution < -0.4 is 5.46 Å². The molecular weight excluding hydrogens is 496 g/mol. The first-order valence-corrected chi connectivity index (χ1v) is 15.6. The quantitative estimate of drug-likeness (QED) is 0.396. The lowest BCUT2D eigenvalue weighted by atomic mass is 9.75. The molecule has 3 rings (SSSR count). The Bertz CT molecular complexity index is 1090. The Morgan fingerprint density at radius 1 is 0.973 bits per heavy atom. The average molecular weight is 537 g/mol. The number of halogens is 3. The van der Waals surface area contributed by atoms with Crippen LogP contribution in [0.3, 0.4) is 0 Å². The maximum atomic E-state index is 13.2. The van der Waals surface area contributed by atoms with Crippen LogP contribution in [0.25, 0.3) is 0 Å². The van der Waals surface area contributed by atoms with Gasteiger partial charge in [-0.05, 0) is 74.0 Å². The van der Waals surface area contributed by atoms with Crippen LogP contribution >= 0.6 is 0 Å². The standard InChI is InChI=1S/C28H40BF3O4Si/c1-25(2,3)37(8,9)34-18-21-17-20(13-14-23(21)29-35-26(4,5)27(6,7)36-29)24(33)16-19-11-10-12-22(15-19)28(30,31)32/h10-15,17,24,33H,16,18H2,1-9H3. The first-order valence-electron chi connectivity index (χ1n) is 12.7. The van der Waals surface area contributed by atoms with Crippen LogP contribution in [0.15, 0.2) is 42.5 Å². The second-order valence-electron chi connectivity index (χ2n) is 12.5. The van der Waals surface area contributed by atoms with Crippen LogP contribution in [0.1, 0.15) is 76.8 Å². The van der Waals surface area contributed by atoms with E-state index in [9.17, 15) is 18.3 Å². The lowest BCUT2D eigenvalue weighted by Crippen LogP contribution is -2.42. The van der Waals surface area contributed by atoms with Crippen molar-refractivity contribution in [3.63, 3.8) is 0 Å². The van der Waals surface area contributed by atoms with Crippen LogP contribution in [-0.4, -0.2) is 31.7 Å². The number of alkyl halides is 3. The Morgan fingerprint density at radius 3 is 2.11 bits per heavy atom. The highest BCUT2D eigenvalue weighted by Gasteiger charge is 2.52. The fourth-order valence-corrected chi connectivity index (χ4v) is 4.80. The lowest BCUT2D eigenvalue weighted by molar-refractivity contribution is -0.137. The molecule has 0 aliphatic carbocycles. The predicted octanol–water partition coefficient (Wildman–Crippen LogP) is 6.80. The average Bonchev–Trinajstić information content (AvgIpc) is 2.97. The highest BCUT2D eigenvalue weighted by molar-refractivity contribution is 6.74. The monoisotopic (exact) mass is 536 g/mol. The van der Waals surface area contributed by atoms with Crippen molar-refractivity contribution in [3.05, 3.63) is 64.7 Å². The van der Waals surface area contributed by atoms with Gasteiger partial charge in [-0.3, -0.25) is 0 Å². The molecule has 4 nitrogen and oxygen atoms in total. The predicted molar refractivity (Wildman–Crippen MR) is 144 cm³/mol. The molecule has 1 fully saturated rings. The van der Waals surface area contributed by atoms with Gasteiger partial charge in [-0.1, -0.05) is 57.2 Å². The summed E-state index contributed by atoms with van der Waals surface area (Å²) < 4.78 is 58.6. The summed E-state index contributed by atoms with van der Waals surface area (Å²) in [5.41, 5.74) is 0.921. The molecule has 1 N–H and O–H groups in total. The Balaban J connectivity index is 1.93. The number of benzene rings is 2. The summed E-state index contributed by atoms with van der Waals surface area (Å²) in [4.78, 5) is 0. The van der Waals surface area contributed by atoms with Gasteiger partial charge in [-0.25, -0.2) is 0 Å². The number of aliphatic hydroxyl groups excluding tert-OH is 1. The fourth-order valence-electron chi connectivity index (χ4n) is 3.85. The van der Waals surface area contributed by atoms with Gasteiger partial charge >= 0.3 is 13.3 Å². The van der Waals surface area contributed by atoms with Gasteiger partial charge in [0.1, 0.15) is 0 Å². The molecule has 1 unspecified atom stereocenters. The molecule has 9 heteroatoms. The van der Waals surface area contributed by atoms with Crippen molar-refractivity contribution in [1.29, 1.82) is 0 Å². The molecule has 37 heavy (non-hydrogen) atoms. The van der Waals surface area contributed by atoms with Gasteiger partial charge in [-0.2, -0.15) is 13.2 Å². The van der Waals surface area contributed by atoms with E-state index in [-0.39, 0.29) is 11.5 Å². The van der Waals surface area contributed by atoms with Gasteiger partial charge in [0.05, 0.1) is 29.5 Å². The first kappa shape index (κ1) is 29.9. The van der Waals surface area contributed by atoms with Gasteiger partial charge < -0.3 is 18.8 Å². The first-order chi connectivity index (χ1) is 16.7. The maximum Gasteiger partial charge on any atom is 0.495 e. The third-order valence-electron chi connectivity index (χ3n) is 8.14. The summed E-state index contributed by atoms with van der Waals surface area (Å²) >= 11 is 0. The largest absolute Gasteiger partial charge is 0.495 e. The van der Waals surface area contributed by atoms with Crippen molar-refractivity contribution in [3.8, 4) is 0 Å². The zero-order valence-corrected chi connectivity index (χ0v) is 24.4. The molecule has 0 spiro atoms. The summed E-state index contributed by atoms with van der Waals surface area (Å²) in [6.07, 6.45) is -5.36. The Morgan fingerprint density at radius 2 is 1.57 bits per heavy atom. The van der Waals surface area contributed by atoms with Gasteiger partial charge in [0, 0.05) is 6.42 Å². The third kappa shape index (κ3) is 6.68. The molecule has 0 aromatic heterocycles. The molecule has 1 saturated heterocycles. The van der Waals surface area contributed by atoms with Crippen LogP contribution in [-0.2, 0) is 32.9 Å². The molecular formula is C28H40BF3O4Si. The molecule has 1 aliphatic heterocycles. The molecule has 1 heterocycles. The van der Waals surface area contributed by atoms with Crippen molar-refractivity contribution >= 4 is 20.9 Å². The van der Waals surface area contributed by atoms with E-state index >= 15 is 0 Å². The van der Waals surface area contributed by atoms with E-state index in [1.54, 1.807) is 12.1 Å². The minimum absolute atomic E-state index is 0.0120. The minimum atomic E-state index is -4.43. The molecule has 2 aromatic carbocycles. The second-order valence-corrected chi connectivity index (χ2v) is 17.3. The van der Waals surface area contributed by atoms with E-state index in [1.165, 1.54) is 6.07 Å². The highest BCUT2D eigenvalue weighted by Crippen LogP contribution is 2.39. The number of rotatable bonds is 7. The van der Waals surface area contributed by atoms with Gasteiger partial charge in [0.15, 0.2) is 8.32 Å². The molecule has 0 bridgehead atoms. The van der Waals surface area contributed by atoms with Crippen molar-refractivity contribution in [1.82, 2.24) is 0 Å². The minimum Gasteiger partial charge on any atom is -0.413 e. The summed E-state index contributed by atoms with van der Waals surface area (Å²) in [5, 5.41) is 11.0. The third-order valence-corrected chi connectivity index (χ3v) is 12.6. The molecule has 0 saturated carbocycles. The number of hydrogen-bond acceptors (Lipinski definition) is 4. The topological polar surface area (TPSA) is 47.9 Å². The maximum absolute atomic E-state index is 13.2. The lowest BCUT2D eigenvalue weighted by Gasteiger charge is -2.36. The van der Waals surface area contributed by atoms with Gasteiger partial charge in [0.25, 0.3) is 0 Å². The molecule has 0 radical (unpaired) electrons. The zero-order chi connectivity index (χ0) is 28.0. The Hall–Kier alpha value is -1.65. The second kappa shape index (κ2) is 10.2. The van der Waals surface area contributed by atoms with E-state index < -0.39 is 44.5 Å². The fraction of sp³-hybridized carbons (Fsp3) is 0.571. The molecule has 1 aliphatic rings. The highest BCUT2D eigenvalue weighted by atomic mass is 28.4. The summed E-state index contributed by atoms with van der Waals surface area (Å²) in [6, 6.07) is 10.6. The van der Waals surface area contributed by atoms with Crippen molar-refractivity contribution < 1.29 is 32.0 Å². The molecule has 204 valence electrons. The molecule has 1 atom stereocenters. The van der Waals surface area contributed by atoms with E-state index in [2.05, 4.69) is 33.9 Å². The Kier molecular flexibility index (Phi) is 8.20. The van der Waals surface area contributed by atoms with E-state index in [0.29, 0.717) is 17.7 Å². The normalized spacial score (nSPS) is 18.8. The van der Waals surface area contributed by atoms with Crippen LogP contribution in [0.2, 0.25) is 18.1 Å². The summed E-state index contributed by atoms with van der Waals surface area (Å²) in [5.74, 6) is 0. The van der Waals surface area contributed by atoms with E-state index in [4.69, 9.17) is 13.7 Å². The van der Waals surface area contributed by atoms with Gasteiger partial charge in [-0.15, -0.1) is 0 Å². The molecule has 2 aromatic rings. The van der Waals surface area contributed by atoms with Gasteiger partial charge in [0.2, 0.25) is 0 Å². The van der Waals surface area contributed by atoms with Crippen molar-refractivity contribution in [2.75, 3.05) is 0 Å². The summed E-state index contributed by atoms with van der Waals surface area (Å²) in [6.45, 7) is 19.1. The number of hydrogen-bond donors (Lipinski definition) is 1. The van der Waals surface area contributed by atoms with Crippen LogP contribution in [0.4, 0.5) is 13.2 Å². The zero-order valence-electron chi connectivity index (χ0n) is 23.4. The smallest absolute Gasteiger partial charge is 0.413 e. The van der Waals surface area contributed by atoms with Crippen molar-refractivity contribution in [2.45, 2.75) is 103 Å². The SMILES string of the molecule is CC1(C)OB(c2ccc(C(O)Cc3cccc(C(F)(F)F)c3)cc2CO[Si](C)(C)C(C)(C)C)OC1(C)C. The molecule has 0 amide bonds. The summed E-state index contributed by atoms with van der Waals surface area (Å²) in [7, 11) is -2.69. The van der Waals surface area contributed by atoms with Crippen LogP contribution in [0.5, 0.6) is 0 Å². The van der Waals surface area contributed by atoms with E-state index in [1.807, 2.05) is 39.8 Å². The number of aliphatic hydroxyl groups is 1.